The van der Waals surface area contributed by atoms with E-state index in [1.54, 1.807) is 0 Å². The molecule has 2 atom stereocenters. The first-order valence-corrected chi connectivity index (χ1v) is 5.09. The topological polar surface area (TPSA) is 41.1 Å². The maximum absolute atomic E-state index is 12.0. The first-order valence-electron chi connectivity index (χ1n) is 5.09. The van der Waals surface area contributed by atoms with E-state index in [-0.39, 0.29) is 18.1 Å². The summed E-state index contributed by atoms with van der Waals surface area (Å²) in [5.74, 6) is -1.81. The van der Waals surface area contributed by atoms with Gasteiger partial charge < -0.3 is 10.6 Å². The average molecular weight is 222 g/mol. The number of carbonyl (C=O) groups excluding carboxylic acids is 1. The quantitative estimate of drug-likeness (QED) is 0.693. The van der Waals surface area contributed by atoms with Crippen LogP contribution in [0.2, 0.25) is 0 Å². The van der Waals surface area contributed by atoms with Gasteiger partial charge in [-0.15, -0.1) is 0 Å². The Hall–Kier alpha value is -0.780. The van der Waals surface area contributed by atoms with E-state index in [2.05, 4.69) is 10.6 Å². The summed E-state index contributed by atoms with van der Waals surface area (Å²) >= 11 is 0. The monoisotopic (exact) mass is 222 g/mol. The predicted octanol–water partition coefficient (Wildman–Crippen LogP) is 0.948. The zero-order valence-electron chi connectivity index (χ0n) is 8.10. The number of alkyl halides is 3. The second-order valence-corrected chi connectivity index (χ2v) is 4.28. The van der Waals surface area contributed by atoms with Gasteiger partial charge in [-0.05, 0) is 25.7 Å². The van der Waals surface area contributed by atoms with Gasteiger partial charge in [0.25, 0.3) is 0 Å². The Morgan fingerprint density at radius 1 is 1.20 bits per heavy atom. The summed E-state index contributed by atoms with van der Waals surface area (Å²) in [6.45, 7) is 0. The summed E-state index contributed by atoms with van der Waals surface area (Å²) in [5.41, 5.74) is 0. The molecule has 2 saturated heterocycles. The summed E-state index contributed by atoms with van der Waals surface area (Å²) in [6, 6.07) is 0.238. The van der Waals surface area contributed by atoms with Crippen molar-refractivity contribution in [3.8, 4) is 0 Å². The van der Waals surface area contributed by atoms with Crippen LogP contribution < -0.4 is 10.6 Å². The Labute approximate surface area is 85.4 Å². The average Bonchev–Trinajstić information content (AvgIpc) is 2.44. The molecule has 0 aromatic heterocycles. The molecule has 0 aromatic rings. The number of rotatable bonds is 1. The predicted molar refractivity (Wildman–Crippen MR) is 47.2 cm³/mol. The second-order valence-electron chi connectivity index (χ2n) is 4.28. The minimum Gasteiger partial charge on any atom is -0.345 e. The van der Waals surface area contributed by atoms with Crippen molar-refractivity contribution in [1.82, 2.24) is 10.6 Å². The SMILES string of the molecule is O=C(NC1CC2CCC(C1)N2)C(F)(F)F. The molecule has 0 aliphatic carbocycles. The molecule has 0 aromatic carbocycles. The molecule has 2 bridgehead atoms. The fourth-order valence-corrected chi connectivity index (χ4v) is 2.44. The smallest absolute Gasteiger partial charge is 0.345 e. The molecule has 2 N–H and O–H groups in total. The molecule has 2 unspecified atom stereocenters. The number of fused-ring (bicyclic) bond motifs is 2. The molecule has 2 aliphatic heterocycles. The van der Waals surface area contributed by atoms with Crippen molar-refractivity contribution in [1.29, 1.82) is 0 Å². The molecule has 0 saturated carbocycles. The molecule has 0 radical (unpaired) electrons. The van der Waals surface area contributed by atoms with Crippen LogP contribution in [0.15, 0.2) is 0 Å². The normalized spacial score (nSPS) is 35.3. The van der Waals surface area contributed by atoms with Gasteiger partial charge >= 0.3 is 12.1 Å². The summed E-state index contributed by atoms with van der Waals surface area (Å²) in [4.78, 5) is 10.7. The lowest BCUT2D eigenvalue weighted by molar-refractivity contribution is -0.174. The fraction of sp³-hybridized carbons (Fsp3) is 0.889. The Morgan fingerprint density at radius 3 is 2.20 bits per heavy atom. The summed E-state index contributed by atoms with van der Waals surface area (Å²) in [6.07, 6.45) is -1.54. The lowest BCUT2D eigenvalue weighted by atomic mass is 10.00. The van der Waals surface area contributed by atoms with E-state index in [0.29, 0.717) is 12.8 Å². The van der Waals surface area contributed by atoms with E-state index >= 15 is 0 Å². The van der Waals surface area contributed by atoms with Crippen LogP contribution in [0, 0.1) is 0 Å². The Morgan fingerprint density at radius 2 is 1.73 bits per heavy atom. The highest BCUT2D eigenvalue weighted by atomic mass is 19.4. The van der Waals surface area contributed by atoms with Crippen molar-refractivity contribution in [2.24, 2.45) is 0 Å². The number of hydrogen-bond acceptors (Lipinski definition) is 2. The molecular weight excluding hydrogens is 209 g/mol. The maximum atomic E-state index is 12.0. The molecule has 6 heteroatoms. The third-order valence-electron chi connectivity index (χ3n) is 3.07. The molecule has 86 valence electrons. The van der Waals surface area contributed by atoms with E-state index in [0.717, 1.165) is 12.8 Å². The van der Waals surface area contributed by atoms with Crippen molar-refractivity contribution in [2.75, 3.05) is 0 Å². The zero-order chi connectivity index (χ0) is 11.1. The largest absolute Gasteiger partial charge is 0.471 e. The van der Waals surface area contributed by atoms with Gasteiger partial charge in [0.1, 0.15) is 0 Å². The maximum Gasteiger partial charge on any atom is 0.471 e. The van der Waals surface area contributed by atoms with Gasteiger partial charge in [-0.2, -0.15) is 13.2 Å². The van der Waals surface area contributed by atoms with Crippen LogP contribution in [0.3, 0.4) is 0 Å². The number of nitrogens with one attached hydrogen (secondary N) is 2. The molecule has 0 spiro atoms. The van der Waals surface area contributed by atoms with E-state index in [1.807, 2.05) is 0 Å². The first-order chi connectivity index (χ1) is 6.95. The van der Waals surface area contributed by atoms with Gasteiger partial charge in [0.15, 0.2) is 0 Å². The highest BCUT2D eigenvalue weighted by molar-refractivity contribution is 5.81. The van der Waals surface area contributed by atoms with Crippen LogP contribution in [0.25, 0.3) is 0 Å². The first kappa shape index (κ1) is 10.7. The molecule has 1 amide bonds. The van der Waals surface area contributed by atoms with Crippen molar-refractivity contribution < 1.29 is 18.0 Å². The van der Waals surface area contributed by atoms with Gasteiger partial charge in [0.2, 0.25) is 0 Å². The Balaban J connectivity index is 1.88. The van der Waals surface area contributed by atoms with Gasteiger partial charge in [-0.1, -0.05) is 0 Å². The molecule has 2 heterocycles. The molecule has 2 rings (SSSR count). The lowest BCUT2D eigenvalue weighted by Gasteiger charge is -2.29. The van der Waals surface area contributed by atoms with E-state index < -0.39 is 12.1 Å². The number of carbonyl (C=O) groups is 1. The van der Waals surface area contributed by atoms with Crippen LogP contribution in [0.5, 0.6) is 0 Å². The number of amides is 1. The van der Waals surface area contributed by atoms with E-state index in [4.69, 9.17) is 0 Å². The summed E-state index contributed by atoms with van der Waals surface area (Å²) in [5, 5.41) is 5.36. The van der Waals surface area contributed by atoms with Gasteiger partial charge in [0, 0.05) is 18.1 Å². The third-order valence-corrected chi connectivity index (χ3v) is 3.07. The number of piperidine rings is 1. The van der Waals surface area contributed by atoms with Crippen LogP contribution in [-0.2, 0) is 4.79 Å². The minimum atomic E-state index is -4.76. The van der Waals surface area contributed by atoms with E-state index in [9.17, 15) is 18.0 Å². The van der Waals surface area contributed by atoms with Gasteiger partial charge in [-0.25, -0.2) is 0 Å². The Bertz CT molecular complexity index is 255. The standard InChI is InChI=1S/C9H13F3N2O/c10-9(11,12)8(15)14-7-3-5-1-2-6(4-7)13-5/h5-7,13H,1-4H2,(H,14,15). The van der Waals surface area contributed by atoms with Crippen LogP contribution in [0.4, 0.5) is 13.2 Å². The van der Waals surface area contributed by atoms with Gasteiger partial charge in [-0.3, -0.25) is 4.79 Å². The van der Waals surface area contributed by atoms with Crippen LogP contribution in [-0.4, -0.2) is 30.2 Å². The van der Waals surface area contributed by atoms with E-state index in [1.165, 1.54) is 0 Å². The fourth-order valence-electron chi connectivity index (χ4n) is 2.44. The van der Waals surface area contributed by atoms with Gasteiger partial charge in [0.05, 0.1) is 0 Å². The summed E-state index contributed by atoms with van der Waals surface area (Å²) < 4.78 is 36.0. The highest BCUT2D eigenvalue weighted by Crippen LogP contribution is 2.27. The molecule has 15 heavy (non-hydrogen) atoms. The zero-order valence-corrected chi connectivity index (χ0v) is 8.10. The molecule has 2 fully saturated rings. The van der Waals surface area contributed by atoms with Crippen molar-refractivity contribution in [2.45, 2.75) is 50.0 Å². The third kappa shape index (κ3) is 2.42. The minimum absolute atomic E-state index is 0.280. The number of hydrogen-bond donors (Lipinski definition) is 2. The second kappa shape index (κ2) is 3.66. The molecule has 3 nitrogen and oxygen atoms in total. The number of halogens is 3. The van der Waals surface area contributed by atoms with Crippen molar-refractivity contribution in [3.63, 3.8) is 0 Å². The molecular formula is C9H13F3N2O. The van der Waals surface area contributed by atoms with Crippen molar-refractivity contribution in [3.05, 3.63) is 0 Å². The van der Waals surface area contributed by atoms with Crippen molar-refractivity contribution >= 4 is 5.91 Å². The van der Waals surface area contributed by atoms with Crippen LogP contribution >= 0.6 is 0 Å². The summed E-state index contributed by atoms with van der Waals surface area (Å²) in [7, 11) is 0. The molecule has 2 aliphatic rings. The lowest BCUT2D eigenvalue weighted by Crippen LogP contribution is -2.50. The Kier molecular flexibility index (Phi) is 2.62. The highest BCUT2D eigenvalue weighted by Gasteiger charge is 2.42. The van der Waals surface area contributed by atoms with Crippen LogP contribution in [0.1, 0.15) is 25.7 Å².